The predicted octanol–water partition coefficient (Wildman–Crippen LogP) is 0.416. The molecule has 0 bridgehead atoms. The van der Waals surface area contributed by atoms with Crippen molar-refractivity contribution in [2.24, 2.45) is 5.92 Å². The molecule has 0 aliphatic carbocycles. The third-order valence-electron chi connectivity index (χ3n) is 2.47. The van der Waals surface area contributed by atoms with Gasteiger partial charge in [-0.15, -0.1) is 0 Å². The van der Waals surface area contributed by atoms with E-state index in [1.807, 2.05) is 0 Å². The summed E-state index contributed by atoms with van der Waals surface area (Å²) >= 11 is 0. The maximum atomic E-state index is 10.6. The zero-order chi connectivity index (χ0) is 8.97. The Bertz CT molecular complexity index is 137. The highest BCUT2D eigenvalue weighted by Crippen LogP contribution is 2.09. The van der Waals surface area contributed by atoms with Crippen LogP contribution in [0.4, 0.5) is 0 Å². The van der Waals surface area contributed by atoms with E-state index in [1.54, 1.807) is 0 Å². The Morgan fingerprint density at radius 2 is 1.75 bits per heavy atom. The van der Waals surface area contributed by atoms with Crippen LogP contribution >= 0.6 is 0 Å². The summed E-state index contributed by atoms with van der Waals surface area (Å²) in [6.07, 6.45) is 1.09. The van der Waals surface area contributed by atoms with E-state index in [2.05, 4.69) is 23.6 Å². The summed E-state index contributed by atoms with van der Waals surface area (Å²) < 4.78 is 0. The molecule has 0 spiro atoms. The normalized spacial score (nSPS) is 22.8. The summed E-state index contributed by atoms with van der Waals surface area (Å²) in [7, 11) is 0. The van der Waals surface area contributed by atoms with E-state index in [4.69, 9.17) is 0 Å². The van der Waals surface area contributed by atoms with E-state index >= 15 is 0 Å². The predicted molar refractivity (Wildman–Crippen MR) is 48.9 cm³/mol. The number of hydrogen-bond acceptors (Lipinski definition) is 3. The smallest absolute Gasteiger partial charge is 0.125 e. The molecule has 1 heterocycles. The summed E-state index contributed by atoms with van der Waals surface area (Å²) in [5.41, 5.74) is 0. The summed E-state index contributed by atoms with van der Waals surface area (Å²) in [5, 5.41) is 0. The monoisotopic (exact) mass is 170 g/mol. The van der Waals surface area contributed by atoms with Gasteiger partial charge in [-0.05, 0) is 13.1 Å². The molecule has 3 heteroatoms. The fraction of sp³-hybridized carbons (Fsp3) is 0.889. The fourth-order valence-electron chi connectivity index (χ4n) is 1.66. The van der Waals surface area contributed by atoms with Gasteiger partial charge in [0.05, 0.1) is 6.67 Å². The lowest BCUT2D eigenvalue weighted by atomic mass is 10.1. The molecular formula is C9H18N2O. The van der Waals surface area contributed by atoms with Gasteiger partial charge in [-0.1, -0.05) is 13.8 Å². The average molecular weight is 170 g/mol. The zero-order valence-electron chi connectivity index (χ0n) is 7.99. The molecule has 1 fully saturated rings. The summed E-state index contributed by atoms with van der Waals surface area (Å²) in [6.45, 7) is 9.27. The Morgan fingerprint density at radius 3 is 2.08 bits per heavy atom. The van der Waals surface area contributed by atoms with Gasteiger partial charge in [0.1, 0.15) is 6.29 Å². The van der Waals surface area contributed by atoms with E-state index in [9.17, 15) is 4.79 Å². The Labute approximate surface area is 74.3 Å². The van der Waals surface area contributed by atoms with E-state index in [1.165, 1.54) is 0 Å². The first kappa shape index (κ1) is 9.68. The van der Waals surface area contributed by atoms with Crippen LogP contribution in [0.15, 0.2) is 0 Å². The summed E-state index contributed by atoms with van der Waals surface area (Å²) in [4.78, 5) is 15.3. The summed E-state index contributed by atoms with van der Waals surface area (Å²) in [6, 6.07) is 0. The van der Waals surface area contributed by atoms with Crippen molar-refractivity contribution in [3.63, 3.8) is 0 Å². The maximum absolute atomic E-state index is 10.6. The standard InChI is InChI=1S/C9H18N2O/c1-3-10-5-9(7-12)6-11(4-2)8-10/h7,9H,3-6,8H2,1-2H3. The van der Waals surface area contributed by atoms with Gasteiger partial charge in [-0.25, -0.2) is 0 Å². The van der Waals surface area contributed by atoms with Crippen LogP contribution in [0.5, 0.6) is 0 Å². The topological polar surface area (TPSA) is 23.6 Å². The van der Waals surface area contributed by atoms with Crippen LogP contribution in [0.2, 0.25) is 0 Å². The van der Waals surface area contributed by atoms with Crippen molar-refractivity contribution in [2.75, 3.05) is 32.8 Å². The number of rotatable bonds is 3. The van der Waals surface area contributed by atoms with Gasteiger partial charge in [0.15, 0.2) is 0 Å². The second kappa shape index (κ2) is 4.58. The molecule has 12 heavy (non-hydrogen) atoms. The van der Waals surface area contributed by atoms with Crippen LogP contribution in [0.1, 0.15) is 13.8 Å². The van der Waals surface area contributed by atoms with Gasteiger partial charge in [0.25, 0.3) is 0 Å². The van der Waals surface area contributed by atoms with Crippen molar-refractivity contribution in [1.29, 1.82) is 0 Å². The molecule has 1 aliphatic heterocycles. The zero-order valence-corrected chi connectivity index (χ0v) is 7.99. The summed E-state index contributed by atoms with van der Waals surface area (Å²) in [5.74, 6) is 0.221. The van der Waals surface area contributed by atoms with Crippen molar-refractivity contribution >= 4 is 6.29 Å². The van der Waals surface area contributed by atoms with Gasteiger partial charge in [0.2, 0.25) is 0 Å². The van der Waals surface area contributed by atoms with E-state index in [0.717, 1.165) is 39.1 Å². The number of carbonyl (C=O) groups is 1. The first-order valence-corrected chi connectivity index (χ1v) is 4.70. The van der Waals surface area contributed by atoms with Crippen LogP contribution in [0, 0.1) is 5.92 Å². The van der Waals surface area contributed by atoms with Crippen molar-refractivity contribution in [3.8, 4) is 0 Å². The number of nitrogens with zero attached hydrogens (tertiary/aromatic N) is 2. The van der Waals surface area contributed by atoms with Crippen LogP contribution in [0.25, 0.3) is 0 Å². The van der Waals surface area contributed by atoms with Crippen molar-refractivity contribution < 1.29 is 4.79 Å². The Balaban J connectivity index is 2.46. The number of hydrogen-bond donors (Lipinski definition) is 0. The Morgan fingerprint density at radius 1 is 1.25 bits per heavy atom. The molecule has 0 saturated carbocycles. The second-order valence-electron chi connectivity index (χ2n) is 3.38. The second-order valence-corrected chi connectivity index (χ2v) is 3.38. The number of carbonyl (C=O) groups excluding carboxylic acids is 1. The quantitative estimate of drug-likeness (QED) is 0.573. The molecule has 1 saturated heterocycles. The third-order valence-corrected chi connectivity index (χ3v) is 2.47. The molecular weight excluding hydrogens is 152 g/mol. The van der Waals surface area contributed by atoms with Crippen LogP contribution < -0.4 is 0 Å². The fourth-order valence-corrected chi connectivity index (χ4v) is 1.66. The van der Waals surface area contributed by atoms with Crippen molar-refractivity contribution in [2.45, 2.75) is 13.8 Å². The van der Waals surface area contributed by atoms with Gasteiger partial charge in [0, 0.05) is 19.0 Å². The van der Waals surface area contributed by atoms with E-state index in [-0.39, 0.29) is 5.92 Å². The highest BCUT2D eigenvalue weighted by molar-refractivity contribution is 5.54. The molecule has 1 aliphatic rings. The Hall–Kier alpha value is -0.410. The minimum Gasteiger partial charge on any atom is -0.303 e. The molecule has 0 radical (unpaired) electrons. The third kappa shape index (κ3) is 2.29. The largest absolute Gasteiger partial charge is 0.303 e. The van der Waals surface area contributed by atoms with Gasteiger partial charge in [-0.3, -0.25) is 9.80 Å². The van der Waals surface area contributed by atoms with Crippen LogP contribution in [0.3, 0.4) is 0 Å². The Kier molecular flexibility index (Phi) is 3.69. The molecule has 70 valence electrons. The SMILES string of the molecule is CCN1CC(C=O)CN(CC)C1. The number of aldehydes is 1. The van der Waals surface area contributed by atoms with Gasteiger partial charge in [-0.2, -0.15) is 0 Å². The van der Waals surface area contributed by atoms with Crippen molar-refractivity contribution in [1.82, 2.24) is 9.80 Å². The molecule has 1 rings (SSSR count). The van der Waals surface area contributed by atoms with Gasteiger partial charge < -0.3 is 4.79 Å². The van der Waals surface area contributed by atoms with E-state index < -0.39 is 0 Å². The highest BCUT2D eigenvalue weighted by Gasteiger charge is 2.22. The first-order valence-electron chi connectivity index (χ1n) is 4.70. The lowest BCUT2D eigenvalue weighted by molar-refractivity contribution is -0.114. The molecule has 0 aromatic carbocycles. The molecule has 0 aromatic heterocycles. The maximum Gasteiger partial charge on any atom is 0.125 e. The lowest BCUT2D eigenvalue weighted by Crippen LogP contribution is -2.49. The lowest BCUT2D eigenvalue weighted by Gasteiger charge is -2.37. The molecule has 0 N–H and O–H groups in total. The van der Waals surface area contributed by atoms with E-state index in [0.29, 0.717) is 0 Å². The highest BCUT2D eigenvalue weighted by atomic mass is 16.1. The molecule has 0 unspecified atom stereocenters. The molecule has 3 nitrogen and oxygen atoms in total. The average Bonchev–Trinajstić information content (AvgIpc) is 2.16. The van der Waals surface area contributed by atoms with Crippen LogP contribution in [-0.4, -0.2) is 48.9 Å². The minimum atomic E-state index is 0.221. The van der Waals surface area contributed by atoms with Crippen molar-refractivity contribution in [3.05, 3.63) is 0 Å². The minimum absolute atomic E-state index is 0.221. The molecule has 0 atom stereocenters. The first-order chi connectivity index (χ1) is 5.80. The van der Waals surface area contributed by atoms with Crippen LogP contribution in [-0.2, 0) is 4.79 Å². The molecule has 0 amide bonds. The van der Waals surface area contributed by atoms with Gasteiger partial charge >= 0.3 is 0 Å². The molecule has 0 aromatic rings.